The molecular formula is C20H37ClN6O. The predicted octanol–water partition coefficient (Wildman–Crippen LogP) is 0.797. The van der Waals surface area contributed by atoms with Crippen LogP contribution in [-0.4, -0.2) is 79.4 Å². The second-order valence-corrected chi connectivity index (χ2v) is 9.95. The Kier molecular flexibility index (Phi) is 6.67. The van der Waals surface area contributed by atoms with Crippen molar-refractivity contribution in [2.75, 3.05) is 45.8 Å². The third-order valence-electron chi connectivity index (χ3n) is 7.45. The first-order valence-electron chi connectivity index (χ1n) is 11.2. The summed E-state index contributed by atoms with van der Waals surface area (Å²) >= 11 is 6.61. The fourth-order valence-electron chi connectivity index (χ4n) is 5.52. The Labute approximate surface area is 174 Å². The number of carbonyl (C=O) groups is 1. The molecule has 160 valence electrons. The largest absolute Gasteiger partial charge is 0.336 e. The minimum Gasteiger partial charge on any atom is -0.336 e. The highest BCUT2D eigenvalue weighted by atomic mass is 35.5. The van der Waals surface area contributed by atoms with Crippen molar-refractivity contribution in [3.05, 3.63) is 0 Å². The first kappa shape index (κ1) is 20.7. The lowest BCUT2D eigenvalue weighted by molar-refractivity contribution is 0.0424. The highest BCUT2D eigenvalue weighted by molar-refractivity contribution is 6.20. The number of hydrogen-bond donors (Lipinski definition) is 4. The Balaban J connectivity index is 1.43. The van der Waals surface area contributed by atoms with Crippen LogP contribution in [0.15, 0.2) is 0 Å². The maximum atomic E-state index is 12.1. The minimum atomic E-state index is 0.0772. The van der Waals surface area contributed by atoms with Crippen molar-refractivity contribution < 1.29 is 4.79 Å². The van der Waals surface area contributed by atoms with E-state index in [4.69, 9.17) is 17.3 Å². The fourth-order valence-corrected chi connectivity index (χ4v) is 5.87. The van der Waals surface area contributed by atoms with E-state index in [0.717, 1.165) is 52.2 Å². The summed E-state index contributed by atoms with van der Waals surface area (Å²) in [6, 6.07) is 0.0772. The summed E-state index contributed by atoms with van der Waals surface area (Å²) in [4.78, 5) is 16.6. The van der Waals surface area contributed by atoms with Crippen molar-refractivity contribution in [1.82, 2.24) is 25.8 Å². The van der Waals surface area contributed by atoms with Crippen LogP contribution >= 0.6 is 11.6 Å². The van der Waals surface area contributed by atoms with Gasteiger partial charge < -0.3 is 21.3 Å². The zero-order valence-electron chi connectivity index (χ0n) is 17.1. The van der Waals surface area contributed by atoms with Gasteiger partial charge in [0.25, 0.3) is 0 Å². The van der Waals surface area contributed by atoms with Crippen LogP contribution in [0, 0.1) is 23.7 Å². The number of nitrogens with one attached hydrogen (secondary N) is 3. The summed E-state index contributed by atoms with van der Waals surface area (Å²) in [6.07, 6.45) is 5.29. The van der Waals surface area contributed by atoms with E-state index in [9.17, 15) is 4.79 Å². The van der Waals surface area contributed by atoms with Crippen LogP contribution in [0.5, 0.6) is 0 Å². The van der Waals surface area contributed by atoms with Crippen molar-refractivity contribution in [3.63, 3.8) is 0 Å². The maximum absolute atomic E-state index is 12.1. The van der Waals surface area contributed by atoms with Crippen molar-refractivity contribution in [1.29, 1.82) is 0 Å². The molecule has 7 atom stereocenters. The van der Waals surface area contributed by atoms with Crippen LogP contribution in [-0.2, 0) is 0 Å². The van der Waals surface area contributed by atoms with Crippen LogP contribution in [0.2, 0.25) is 0 Å². The molecule has 7 unspecified atom stereocenters. The molecule has 3 heterocycles. The van der Waals surface area contributed by atoms with E-state index in [1.807, 2.05) is 4.90 Å². The van der Waals surface area contributed by atoms with Crippen LogP contribution in [0.3, 0.4) is 0 Å². The average molecular weight is 413 g/mol. The van der Waals surface area contributed by atoms with Crippen LogP contribution < -0.4 is 21.7 Å². The first-order chi connectivity index (χ1) is 13.5. The summed E-state index contributed by atoms with van der Waals surface area (Å²) in [6.45, 7) is 8.49. The van der Waals surface area contributed by atoms with E-state index >= 15 is 0 Å². The number of amides is 2. The highest BCUT2D eigenvalue weighted by Crippen LogP contribution is 2.35. The number of hydrogen-bond acceptors (Lipinski definition) is 5. The van der Waals surface area contributed by atoms with Gasteiger partial charge in [-0.1, -0.05) is 6.92 Å². The van der Waals surface area contributed by atoms with E-state index < -0.39 is 0 Å². The Morgan fingerprint density at radius 1 is 1.25 bits per heavy atom. The Morgan fingerprint density at radius 2 is 2.11 bits per heavy atom. The van der Waals surface area contributed by atoms with Gasteiger partial charge in [-0.15, -0.1) is 11.6 Å². The summed E-state index contributed by atoms with van der Waals surface area (Å²) < 4.78 is 0. The Hall–Kier alpha value is -0.600. The van der Waals surface area contributed by atoms with Crippen molar-refractivity contribution in [2.24, 2.45) is 29.4 Å². The number of carbonyl (C=O) groups excluding carboxylic acids is 1. The SMILES string of the molecule is CC1CCC(C2NCC(CN3CCNC3=O)C(N3CCC(CN)C3)N2)CC1Cl. The normalized spacial score (nSPS) is 42.8. The number of rotatable bonds is 5. The lowest BCUT2D eigenvalue weighted by atomic mass is 9.80. The monoisotopic (exact) mass is 412 g/mol. The topological polar surface area (TPSA) is 85.7 Å². The number of alkyl halides is 1. The fraction of sp³-hybridized carbons (Fsp3) is 0.950. The number of nitrogens with zero attached hydrogens (tertiary/aromatic N) is 2. The van der Waals surface area contributed by atoms with Gasteiger partial charge in [0.05, 0.1) is 12.3 Å². The van der Waals surface area contributed by atoms with Gasteiger partial charge in [0.15, 0.2) is 0 Å². The van der Waals surface area contributed by atoms with Crippen LogP contribution in [0.4, 0.5) is 4.79 Å². The predicted molar refractivity (Wildman–Crippen MR) is 112 cm³/mol. The number of halogens is 1. The Bertz CT molecular complexity index is 551. The number of likely N-dealkylation sites (tertiary alicyclic amines) is 1. The zero-order valence-corrected chi connectivity index (χ0v) is 17.8. The summed E-state index contributed by atoms with van der Waals surface area (Å²) in [5.74, 6) is 2.16. The molecule has 1 saturated carbocycles. The summed E-state index contributed by atoms with van der Waals surface area (Å²) in [5.41, 5.74) is 5.95. The van der Waals surface area contributed by atoms with E-state index in [1.54, 1.807) is 0 Å². The zero-order chi connectivity index (χ0) is 19.7. The molecular weight excluding hydrogens is 376 g/mol. The number of nitrogens with two attached hydrogens (primary N) is 1. The van der Waals surface area contributed by atoms with Crippen LogP contribution in [0.25, 0.3) is 0 Å². The summed E-state index contributed by atoms with van der Waals surface area (Å²) in [5, 5.41) is 10.9. The smallest absolute Gasteiger partial charge is 0.317 e. The van der Waals surface area contributed by atoms with E-state index in [1.165, 1.54) is 19.3 Å². The third kappa shape index (κ3) is 4.43. The molecule has 3 aliphatic heterocycles. The molecule has 0 aromatic rings. The van der Waals surface area contributed by atoms with E-state index in [2.05, 4.69) is 27.8 Å². The Morgan fingerprint density at radius 3 is 2.79 bits per heavy atom. The molecule has 7 nitrogen and oxygen atoms in total. The first-order valence-corrected chi connectivity index (χ1v) is 11.6. The molecule has 0 spiro atoms. The van der Waals surface area contributed by atoms with Gasteiger partial charge >= 0.3 is 6.03 Å². The molecule has 0 aromatic carbocycles. The standard InChI is InChI=1S/C20H37ClN6O/c1-13-2-3-15(8-17(13)21)18-24-10-16(12-27-7-5-23-20(27)28)19(25-18)26-6-4-14(9-22)11-26/h13-19,24-25H,2-12,22H2,1H3,(H,23,28). The van der Waals surface area contributed by atoms with Crippen molar-refractivity contribution in [3.8, 4) is 0 Å². The third-order valence-corrected chi connectivity index (χ3v) is 8.06. The second kappa shape index (κ2) is 9.04. The summed E-state index contributed by atoms with van der Waals surface area (Å²) in [7, 11) is 0. The molecule has 3 saturated heterocycles. The quantitative estimate of drug-likeness (QED) is 0.502. The van der Waals surface area contributed by atoms with Gasteiger partial charge in [-0.05, 0) is 50.0 Å². The molecule has 28 heavy (non-hydrogen) atoms. The highest BCUT2D eigenvalue weighted by Gasteiger charge is 2.41. The van der Waals surface area contributed by atoms with Crippen molar-refractivity contribution >= 4 is 17.6 Å². The second-order valence-electron chi connectivity index (χ2n) is 9.39. The van der Waals surface area contributed by atoms with Crippen LogP contribution in [0.1, 0.15) is 32.6 Å². The average Bonchev–Trinajstić information content (AvgIpc) is 3.34. The number of urea groups is 1. The van der Waals surface area contributed by atoms with Gasteiger partial charge in [0.2, 0.25) is 0 Å². The molecule has 4 aliphatic rings. The van der Waals surface area contributed by atoms with Gasteiger partial charge in [0, 0.05) is 50.6 Å². The molecule has 5 N–H and O–H groups in total. The molecule has 0 aromatic heterocycles. The molecule has 8 heteroatoms. The molecule has 0 bridgehead atoms. The lowest BCUT2D eigenvalue weighted by Crippen LogP contribution is -2.67. The van der Waals surface area contributed by atoms with Gasteiger partial charge in [-0.2, -0.15) is 0 Å². The molecule has 4 rings (SSSR count). The van der Waals surface area contributed by atoms with E-state index in [-0.39, 0.29) is 11.4 Å². The molecule has 0 radical (unpaired) electrons. The molecule has 1 aliphatic carbocycles. The van der Waals surface area contributed by atoms with E-state index in [0.29, 0.717) is 36.0 Å². The maximum Gasteiger partial charge on any atom is 0.317 e. The lowest BCUT2D eigenvalue weighted by Gasteiger charge is -2.47. The minimum absolute atomic E-state index is 0.0772. The van der Waals surface area contributed by atoms with Gasteiger partial charge in [-0.3, -0.25) is 10.2 Å². The molecule has 2 amide bonds. The molecule has 4 fully saturated rings. The van der Waals surface area contributed by atoms with Gasteiger partial charge in [-0.25, -0.2) is 4.79 Å². The van der Waals surface area contributed by atoms with Gasteiger partial charge in [0.1, 0.15) is 0 Å². The van der Waals surface area contributed by atoms with Crippen molar-refractivity contribution in [2.45, 2.75) is 50.3 Å².